The number of methoxy groups -OCH3 is 1. The summed E-state index contributed by atoms with van der Waals surface area (Å²) in [5.41, 5.74) is 0.184. The lowest BCUT2D eigenvalue weighted by atomic mass is 9.72. The molecule has 1 saturated heterocycles. The normalized spacial score (nSPS) is 21.9. The van der Waals surface area contributed by atoms with E-state index in [0.717, 1.165) is 25.9 Å². The predicted octanol–water partition coefficient (Wildman–Crippen LogP) is 1.50. The molecule has 3 amide bonds. The zero-order valence-corrected chi connectivity index (χ0v) is 13.7. The Morgan fingerprint density at radius 2 is 2.09 bits per heavy atom. The first-order valence-electron chi connectivity index (χ1n) is 8.44. The van der Waals surface area contributed by atoms with Gasteiger partial charge in [0.15, 0.2) is 0 Å². The van der Waals surface area contributed by atoms with Crippen molar-refractivity contribution in [2.24, 2.45) is 5.41 Å². The van der Waals surface area contributed by atoms with Crippen LogP contribution >= 0.6 is 0 Å². The average Bonchev–Trinajstić information content (AvgIpc) is 2.76. The summed E-state index contributed by atoms with van der Waals surface area (Å²) in [4.78, 5) is 25.4. The van der Waals surface area contributed by atoms with Crippen LogP contribution in [-0.4, -0.2) is 56.7 Å². The van der Waals surface area contributed by atoms with Gasteiger partial charge < -0.3 is 20.3 Å². The smallest absolute Gasteiger partial charge is 0.317 e. The van der Waals surface area contributed by atoms with E-state index in [2.05, 4.69) is 10.6 Å². The zero-order valence-electron chi connectivity index (χ0n) is 13.7. The number of ether oxygens (including phenoxy) is 1. The third kappa shape index (κ3) is 4.87. The second-order valence-electron chi connectivity index (χ2n) is 6.55. The van der Waals surface area contributed by atoms with E-state index in [0.29, 0.717) is 32.6 Å². The summed E-state index contributed by atoms with van der Waals surface area (Å²) in [6.45, 7) is 3.09. The molecule has 6 heteroatoms. The Bertz CT molecular complexity index is 381. The van der Waals surface area contributed by atoms with Crippen LogP contribution in [-0.2, 0) is 9.53 Å². The van der Waals surface area contributed by atoms with Crippen molar-refractivity contribution in [3.8, 4) is 0 Å². The minimum Gasteiger partial charge on any atom is -0.385 e. The Labute approximate surface area is 132 Å². The Balaban J connectivity index is 1.85. The van der Waals surface area contributed by atoms with E-state index >= 15 is 0 Å². The molecule has 0 aromatic carbocycles. The molecule has 6 nitrogen and oxygen atoms in total. The highest BCUT2D eigenvalue weighted by Crippen LogP contribution is 2.38. The fraction of sp³-hybridized carbons (Fsp3) is 0.875. The van der Waals surface area contributed by atoms with Gasteiger partial charge in [0.25, 0.3) is 0 Å². The van der Waals surface area contributed by atoms with Gasteiger partial charge >= 0.3 is 6.03 Å². The van der Waals surface area contributed by atoms with E-state index in [4.69, 9.17) is 4.74 Å². The number of hydrogen-bond acceptors (Lipinski definition) is 3. The van der Waals surface area contributed by atoms with Gasteiger partial charge in [-0.3, -0.25) is 4.79 Å². The van der Waals surface area contributed by atoms with Gasteiger partial charge in [0.2, 0.25) is 5.91 Å². The van der Waals surface area contributed by atoms with Crippen molar-refractivity contribution in [2.45, 2.75) is 44.9 Å². The molecule has 2 rings (SSSR count). The number of amides is 3. The van der Waals surface area contributed by atoms with Crippen LogP contribution < -0.4 is 10.6 Å². The quantitative estimate of drug-likeness (QED) is 0.808. The first-order valence-corrected chi connectivity index (χ1v) is 8.44. The maximum Gasteiger partial charge on any atom is 0.317 e. The number of carbonyl (C=O) groups is 2. The Kier molecular flexibility index (Phi) is 6.49. The van der Waals surface area contributed by atoms with Gasteiger partial charge in [0.1, 0.15) is 0 Å². The summed E-state index contributed by atoms with van der Waals surface area (Å²) in [6, 6.07) is -0.0427. The van der Waals surface area contributed by atoms with E-state index in [9.17, 15) is 9.59 Å². The maximum absolute atomic E-state index is 12.4. The molecule has 0 spiro atoms. The van der Waals surface area contributed by atoms with Crippen molar-refractivity contribution in [1.29, 1.82) is 0 Å². The predicted molar refractivity (Wildman–Crippen MR) is 84.6 cm³/mol. The minimum absolute atomic E-state index is 0.0270. The molecule has 0 aromatic heterocycles. The second kappa shape index (κ2) is 8.36. The van der Waals surface area contributed by atoms with E-state index in [1.807, 2.05) is 0 Å². The third-order valence-electron chi connectivity index (χ3n) is 4.97. The number of nitrogens with one attached hydrogen (secondary N) is 2. The third-order valence-corrected chi connectivity index (χ3v) is 4.97. The Hall–Kier alpha value is -1.30. The zero-order chi connectivity index (χ0) is 15.8. The SMILES string of the molecule is COCCC1(CNC(=O)N2CCNC(=O)CC2)CCCCC1. The molecule has 1 aliphatic carbocycles. The van der Waals surface area contributed by atoms with Crippen molar-refractivity contribution in [3.63, 3.8) is 0 Å². The fourth-order valence-electron chi connectivity index (χ4n) is 3.48. The van der Waals surface area contributed by atoms with E-state index in [-0.39, 0.29) is 17.4 Å². The molecule has 2 N–H and O–H groups in total. The number of urea groups is 1. The molecule has 2 fully saturated rings. The van der Waals surface area contributed by atoms with Gasteiger partial charge in [0, 0.05) is 46.3 Å². The first kappa shape index (κ1) is 17.1. The van der Waals surface area contributed by atoms with E-state index in [1.165, 1.54) is 19.3 Å². The van der Waals surface area contributed by atoms with Crippen LogP contribution in [0, 0.1) is 5.41 Å². The summed E-state index contributed by atoms with van der Waals surface area (Å²) in [5.74, 6) is 0.0270. The number of nitrogens with zero attached hydrogens (tertiary/aromatic N) is 1. The molecular formula is C16H29N3O3. The summed E-state index contributed by atoms with van der Waals surface area (Å²) >= 11 is 0. The molecule has 0 aromatic rings. The minimum atomic E-state index is -0.0427. The van der Waals surface area contributed by atoms with Crippen molar-refractivity contribution in [3.05, 3.63) is 0 Å². The summed E-state index contributed by atoms with van der Waals surface area (Å²) in [6.07, 6.45) is 7.49. The van der Waals surface area contributed by atoms with Crippen LogP contribution in [0.1, 0.15) is 44.9 Å². The van der Waals surface area contributed by atoms with Gasteiger partial charge in [-0.1, -0.05) is 19.3 Å². The van der Waals surface area contributed by atoms with Crippen LogP contribution in [0.5, 0.6) is 0 Å². The van der Waals surface area contributed by atoms with Crippen molar-refractivity contribution in [2.75, 3.05) is 39.9 Å². The van der Waals surface area contributed by atoms with Gasteiger partial charge in [0.05, 0.1) is 0 Å². The summed E-state index contributed by atoms with van der Waals surface area (Å²) < 4.78 is 5.25. The largest absolute Gasteiger partial charge is 0.385 e. The average molecular weight is 311 g/mol. The lowest BCUT2D eigenvalue weighted by Gasteiger charge is -2.38. The van der Waals surface area contributed by atoms with Gasteiger partial charge in [-0.05, 0) is 24.7 Å². The fourth-order valence-corrected chi connectivity index (χ4v) is 3.48. The van der Waals surface area contributed by atoms with E-state index in [1.54, 1.807) is 12.0 Å². The number of carbonyl (C=O) groups excluding carboxylic acids is 2. The molecule has 1 saturated carbocycles. The monoisotopic (exact) mass is 311 g/mol. The standard InChI is InChI=1S/C16H29N3O3/c1-22-12-8-16(6-3-2-4-7-16)13-18-15(21)19-10-5-14(20)17-9-11-19/h2-13H2,1H3,(H,17,20)(H,18,21). The van der Waals surface area contributed by atoms with Gasteiger partial charge in [-0.15, -0.1) is 0 Å². The molecule has 0 unspecified atom stereocenters. The molecule has 0 radical (unpaired) electrons. The van der Waals surface area contributed by atoms with Crippen molar-refractivity contribution < 1.29 is 14.3 Å². The lowest BCUT2D eigenvalue weighted by Crippen LogP contribution is -2.46. The van der Waals surface area contributed by atoms with Gasteiger partial charge in [-0.25, -0.2) is 4.79 Å². The van der Waals surface area contributed by atoms with Crippen LogP contribution in [0.3, 0.4) is 0 Å². The lowest BCUT2D eigenvalue weighted by molar-refractivity contribution is -0.120. The van der Waals surface area contributed by atoms with Gasteiger partial charge in [-0.2, -0.15) is 0 Å². The van der Waals surface area contributed by atoms with Crippen molar-refractivity contribution in [1.82, 2.24) is 15.5 Å². The molecular weight excluding hydrogens is 282 g/mol. The van der Waals surface area contributed by atoms with Crippen LogP contribution in [0.4, 0.5) is 4.79 Å². The summed E-state index contributed by atoms with van der Waals surface area (Å²) in [7, 11) is 1.73. The van der Waals surface area contributed by atoms with Crippen LogP contribution in [0.2, 0.25) is 0 Å². The number of hydrogen-bond donors (Lipinski definition) is 2. The Morgan fingerprint density at radius 3 is 2.82 bits per heavy atom. The maximum atomic E-state index is 12.4. The van der Waals surface area contributed by atoms with Crippen molar-refractivity contribution >= 4 is 11.9 Å². The van der Waals surface area contributed by atoms with Crippen LogP contribution in [0.25, 0.3) is 0 Å². The molecule has 2 aliphatic rings. The molecule has 0 bridgehead atoms. The molecule has 126 valence electrons. The topological polar surface area (TPSA) is 70.7 Å². The number of rotatable bonds is 5. The highest BCUT2D eigenvalue weighted by molar-refractivity contribution is 5.79. The molecule has 1 aliphatic heterocycles. The Morgan fingerprint density at radius 1 is 1.32 bits per heavy atom. The molecule has 22 heavy (non-hydrogen) atoms. The van der Waals surface area contributed by atoms with Crippen LogP contribution in [0.15, 0.2) is 0 Å². The first-order chi connectivity index (χ1) is 10.7. The highest BCUT2D eigenvalue weighted by Gasteiger charge is 2.32. The second-order valence-corrected chi connectivity index (χ2v) is 6.55. The van der Waals surface area contributed by atoms with E-state index < -0.39 is 0 Å². The highest BCUT2D eigenvalue weighted by atomic mass is 16.5. The summed E-state index contributed by atoms with van der Waals surface area (Å²) in [5, 5.41) is 5.90. The molecule has 0 atom stereocenters. The molecule has 1 heterocycles.